The Morgan fingerprint density at radius 1 is 1.15 bits per heavy atom. The standard InChI is InChI=1S/C18H17N5O2S/c1-11(21-12(2)24)13-3-5-14(6-4-13)16-10-26-18(22-16)23-17(25)15-9-19-7-8-20-15/h3-11H,1-2H3,(H,21,24)(H,22,23,25)/t11-/m1/s1. The van der Waals surface area contributed by atoms with Crippen molar-refractivity contribution < 1.29 is 9.59 Å². The Morgan fingerprint density at radius 2 is 1.92 bits per heavy atom. The summed E-state index contributed by atoms with van der Waals surface area (Å²) < 4.78 is 0. The van der Waals surface area contributed by atoms with Crippen molar-refractivity contribution in [1.82, 2.24) is 20.3 Å². The SMILES string of the molecule is CC(=O)N[C@H](C)c1ccc(-c2csc(NC(=O)c3cnccn3)n2)cc1. The maximum atomic E-state index is 12.1. The average molecular weight is 367 g/mol. The van der Waals surface area contributed by atoms with Crippen molar-refractivity contribution in [2.45, 2.75) is 19.9 Å². The van der Waals surface area contributed by atoms with Gasteiger partial charge in [-0.1, -0.05) is 24.3 Å². The summed E-state index contributed by atoms with van der Waals surface area (Å²) in [7, 11) is 0. The first-order valence-corrected chi connectivity index (χ1v) is 8.81. The van der Waals surface area contributed by atoms with Crippen molar-refractivity contribution in [2.75, 3.05) is 5.32 Å². The van der Waals surface area contributed by atoms with Crippen molar-refractivity contribution in [1.29, 1.82) is 0 Å². The normalized spacial score (nSPS) is 11.6. The fourth-order valence-corrected chi connectivity index (χ4v) is 3.09. The summed E-state index contributed by atoms with van der Waals surface area (Å²) in [4.78, 5) is 35.5. The van der Waals surface area contributed by atoms with E-state index in [4.69, 9.17) is 0 Å². The third-order valence-electron chi connectivity index (χ3n) is 3.65. The molecule has 132 valence electrons. The molecule has 26 heavy (non-hydrogen) atoms. The van der Waals surface area contributed by atoms with Crippen LogP contribution in [0.3, 0.4) is 0 Å². The number of rotatable bonds is 5. The molecule has 1 atom stereocenters. The lowest BCUT2D eigenvalue weighted by Gasteiger charge is -2.12. The lowest BCUT2D eigenvalue weighted by Crippen LogP contribution is -2.23. The van der Waals surface area contributed by atoms with Crippen LogP contribution < -0.4 is 10.6 Å². The summed E-state index contributed by atoms with van der Waals surface area (Å²) in [6.45, 7) is 3.43. The molecular formula is C18H17N5O2S. The molecule has 0 saturated heterocycles. The molecule has 2 heterocycles. The second kappa shape index (κ2) is 7.83. The average Bonchev–Trinajstić information content (AvgIpc) is 3.10. The molecule has 2 amide bonds. The van der Waals surface area contributed by atoms with Gasteiger partial charge in [0.2, 0.25) is 5.91 Å². The fourth-order valence-electron chi connectivity index (χ4n) is 2.37. The Morgan fingerprint density at radius 3 is 2.58 bits per heavy atom. The third kappa shape index (κ3) is 4.28. The zero-order valence-electron chi connectivity index (χ0n) is 14.3. The first kappa shape index (κ1) is 17.7. The highest BCUT2D eigenvalue weighted by Gasteiger charge is 2.12. The Bertz CT molecular complexity index is 909. The van der Waals surface area contributed by atoms with Gasteiger partial charge in [0.15, 0.2) is 5.13 Å². The van der Waals surface area contributed by atoms with Crippen molar-refractivity contribution in [3.05, 3.63) is 59.5 Å². The predicted molar refractivity (Wildman–Crippen MR) is 99.8 cm³/mol. The van der Waals surface area contributed by atoms with Gasteiger partial charge in [-0.15, -0.1) is 11.3 Å². The molecule has 3 rings (SSSR count). The molecule has 0 aliphatic heterocycles. The van der Waals surface area contributed by atoms with Crippen LogP contribution in [-0.2, 0) is 4.79 Å². The number of nitrogens with zero attached hydrogens (tertiary/aromatic N) is 3. The van der Waals surface area contributed by atoms with E-state index >= 15 is 0 Å². The maximum absolute atomic E-state index is 12.1. The molecule has 2 aromatic heterocycles. The number of amides is 2. The first-order chi connectivity index (χ1) is 12.5. The number of carbonyl (C=O) groups excluding carboxylic acids is 2. The second-order valence-electron chi connectivity index (χ2n) is 5.63. The van der Waals surface area contributed by atoms with Gasteiger partial charge in [-0.2, -0.15) is 0 Å². The van der Waals surface area contributed by atoms with Gasteiger partial charge in [-0.3, -0.25) is 19.9 Å². The molecule has 0 radical (unpaired) electrons. The van der Waals surface area contributed by atoms with E-state index in [1.165, 1.54) is 36.9 Å². The minimum absolute atomic E-state index is 0.0567. The summed E-state index contributed by atoms with van der Waals surface area (Å²) in [5.41, 5.74) is 2.94. The van der Waals surface area contributed by atoms with Gasteiger partial charge in [0.05, 0.1) is 17.9 Å². The van der Waals surface area contributed by atoms with Crippen LogP contribution in [0.4, 0.5) is 5.13 Å². The van der Waals surface area contributed by atoms with E-state index in [0.717, 1.165) is 16.8 Å². The van der Waals surface area contributed by atoms with Gasteiger partial charge in [-0.05, 0) is 12.5 Å². The van der Waals surface area contributed by atoms with E-state index in [1.807, 2.05) is 36.6 Å². The van der Waals surface area contributed by atoms with Crippen LogP contribution in [-0.4, -0.2) is 26.8 Å². The van der Waals surface area contributed by atoms with Gasteiger partial charge in [0.25, 0.3) is 5.91 Å². The molecule has 0 saturated carbocycles. The summed E-state index contributed by atoms with van der Waals surface area (Å²) in [6.07, 6.45) is 4.37. The van der Waals surface area contributed by atoms with Crippen LogP contribution in [0.5, 0.6) is 0 Å². The first-order valence-electron chi connectivity index (χ1n) is 7.93. The Kier molecular flexibility index (Phi) is 5.33. The van der Waals surface area contributed by atoms with E-state index in [2.05, 4.69) is 25.6 Å². The van der Waals surface area contributed by atoms with E-state index in [-0.39, 0.29) is 23.6 Å². The third-order valence-corrected chi connectivity index (χ3v) is 4.40. The summed E-state index contributed by atoms with van der Waals surface area (Å²) in [5.74, 6) is -0.414. The smallest absolute Gasteiger partial charge is 0.277 e. The molecule has 2 N–H and O–H groups in total. The van der Waals surface area contributed by atoms with Crippen LogP contribution in [0.15, 0.2) is 48.2 Å². The van der Waals surface area contributed by atoms with Crippen LogP contribution in [0.1, 0.15) is 35.9 Å². The largest absolute Gasteiger partial charge is 0.350 e. The second-order valence-corrected chi connectivity index (χ2v) is 6.48. The zero-order chi connectivity index (χ0) is 18.5. The number of carbonyl (C=O) groups is 2. The molecule has 0 unspecified atom stereocenters. The number of hydrogen-bond acceptors (Lipinski definition) is 6. The minimum atomic E-state index is -0.349. The Hall–Kier alpha value is -3.13. The topological polar surface area (TPSA) is 96.9 Å². The molecule has 0 aliphatic rings. The molecule has 0 fully saturated rings. The van der Waals surface area contributed by atoms with Gasteiger partial charge in [0.1, 0.15) is 5.69 Å². The van der Waals surface area contributed by atoms with Crippen molar-refractivity contribution >= 4 is 28.3 Å². The van der Waals surface area contributed by atoms with Gasteiger partial charge in [0, 0.05) is 30.3 Å². The molecule has 1 aromatic carbocycles. The molecule has 8 heteroatoms. The van der Waals surface area contributed by atoms with E-state index < -0.39 is 0 Å². The van der Waals surface area contributed by atoms with Crippen molar-refractivity contribution in [3.8, 4) is 11.3 Å². The number of thiazole rings is 1. The molecule has 0 bridgehead atoms. The van der Waals surface area contributed by atoms with Crippen molar-refractivity contribution in [2.24, 2.45) is 0 Å². The van der Waals surface area contributed by atoms with Crippen LogP contribution in [0, 0.1) is 0 Å². The summed E-state index contributed by atoms with van der Waals surface area (Å²) in [6, 6.07) is 7.73. The highest BCUT2D eigenvalue weighted by molar-refractivity contribution is 7.14. The molecule has 3 aromatic rings. The molecule has 7 nitrogen and oxygen atoms in total. The highest BCUT2D eigenvalue weighted by Crippen LogP contribution is 2.26. The van der Waals surface area contributed by atoms with Crippen LogP contribution in [0.2, 0.25) is 0 Å². The van der Waals surface area contributed by atoms with Crippen LogP contribution in [0.25, 0.3) is 11.3 Å². The number of anilines is 1. The quantitative estimate of drug-likeness (QED) is 0.722. The Balaban J connectivity index is 1.69. The van der Waals surface area contributed by atoms with E-state index in [9.17, 15) is 9.59 Å². The maximum Gasteiger partial charge on any atom is 0.277 e. The van der Waals surface area contributed by atoms with E-state index in [0.29, 0.717) is 5.13 Å². The summed E-state index contributed by atoms with van der Waals surface area (Å²) in [5, 5.41) is 7.93. The number of nitrogens with one attached hydrogen (secondary N) is 2. The number of aromatic nitrogens is 3. The fraction of sp³-hybridized carbons (Fsp3) is 0.167. The minimum Gasteiger partial charge on any atom is -0.350 e. The van der Waals surface area contributed by atoms with Crippen LogP contribution >= 0.6 is 11.3 Å². The molecule has 0 aliphatic carbocycles. The highest BCUT2D eigenvalue weighted by atomic mass is 32.1. The molecule has 0 spiro atoms. The summed E-state index contributed by atoms with van der Waals surface area (Å²) >= 11 is 1.34. The monoisotopic (exact) mass is 367 g/mol. The molecular weight excluding hydrogens is 350 g/mol. The van der Waals surface area contributed by atoms with Gasteiger partial charge < -0.3 is 5.32 Å². The van der Waals surface area contributed by atoms with Gasteiger partial charge >= 0.3 is 0 Å². The number of hydrogen-bond donors (Lipinski definition) is 2. The lowest BCUT2D eigenvalue weighted by molar-refractivity contribution is -0.119. The zero-order valence-corrected chi connectivity index (χ0v) is 15.1. The van der Waals surface area contributed by atoms with Gasteiger partial charge in [-0.25, -0.2) is 9.97 Å². The van der Waals surface area contributed by atoms with E-state index in [1.54, 1.807) is 0 Å². The van der Waals surface area contributed by atoms with Crippen molar-refractivity contribution in [3.63, 3.8) is 0 Å². The Labute approximate surface area is 154 Å². The number of benzene rings is 1. The predicted octanol–water partition coefficient (Wildman–Crippen LogP) is 3.05. The lowest BCUT2D eigenvalue weighted by atomic mass is 10.1.